The molecule has 3 aromatic rings. The molecule has 0 aliphatic rings. The van der Waals surface area contributed by atoms with Gasteiger partial charge in [0.15, 0.2) is 0 Å². The van der Waals surface area contributed by atoms with Gasteiger partial charge in [-0.1, -0.05) is 18.2 Å². The van der Waals surface area contributed by atoms with E-state index in [9.17, 15) is 4.79 Å². The molecule has 1 amide bonds. The number of amides is 1. The van der Waals surface area contributed by atoms with E-state index in [2.05, 4.69) is 15.2 Å². The van der Waals surface area contributed by atoms with Crippen LogP contribution in [0.4, 0.5) is 0 Å². The largest absolute Gasteiger partial charge is 0.334 e. The Hall–Kier alpha value is -2.58. The van der Waals surface area contributed by atoms with Crippen LogP contribution >= 0.6 is 11.3 Å². The Bertz CT molecular complexity index is 870. The molecule has 25 heavy (non-hydrogen) atoms. The summed E-state index contributed by atoms with van der Waals surface area (Å²) in [6.45, 7) is 4.10. The summed E-state index contributed by atoms with van der Waals surface area (Å²) in [6, 6.07) is 9.46. The van der Waals surface area contributed by atoms with Crippen LogP contribution in [0.25, 0.3) is 5.69 Å². The molecule has 3 rings (SSSR count). The second kappa shape index (κ2) is 7.12. The molecule has 130 valence electrons. The van der Waals surface area contributed by atoms with Crippen LogP contribution in [0.3, 0.4) is 0 Å². The third kappa shape index (κ3) is 3.75. The van der Waals surface area contributed by atoms with E-state index in [1.54, 1.807) is 22.9 Å². The summed E-state index contributed by atoms with van der Waals surface area (Å²) in [5.74, 6) is -0.144. The summed E-state index contributed by atoms with van der Waals surface area (Å²) < 4.78 is 0. The molecule has 0 radical (unpaired) electrons. The van der Waals surface area contributed by atoms with Gasteiger partial charge in [0.25, 0.3) is 5.91 Å². The van der Waals surface area contributed by atoms with Crippen LogP contribution in [-0.4, -0.2) is 37.8 Å². The van der Waals surface area contributed by atoms with Crippen molar-refractivity contribution in [1.82, 2.24) is 24.9 Å². The van der Waals surface area contributed by atoms with E-state index < -0.39 is 0 Å². The molecule has 8 heteroatoms. The predicted octanol–water partition coefficient (Wildman–Crippen LogP) is 2.32. The Morgan fingerprint density at radius 3 is 2.72 bits per heavy atom. The van der Waals surface area contributed by atoms with Gasteiger partial charge in [0.2, 0.25) is 0 Å². The fourth-order valence-corrected chi connectivity index (χ4v) is 3.22. The summed E-state index contributed by atoms with van der Waals surface area (Å²) in [5, 5.41) is 9.45. The van der Waals surface area contributed by atoms with Gasteiger partial charge < -0.3 is 10.6 Å². The molecule has 2 heterocycles. The van der Waals surface area contributed by atoms with Crippen LogP contribution in [0.2, 0.25) is 0 Å². The third-order valence-electron chi connectivity index (χ3n) is 3.68. The number of hydrogen-bond donors (Lipinski definition) is 1. The molecule has 1 atom stereocenters. The lowest BCUT2D eigenvalue weighted by atomic mass is 10.3. The molecule has 0 bridgehead atoms. The van der Waals surface area contributed by atoms with Gasteiger partial charge in [-0.2, -0.15) is 15.0 Å². The minimum absolute atomic E-state index is 0.144. The summed E-state index contributed by atoms with van der Waals surface area (Å²) in [6.07, 6.45) is 1.66. The number of carbonyl (C=O) groups is 1. The predicted molar refractivity (Wildman–Crippen MR) is 96.6 cm³/mol. The average Bonchev–Trinajstić information content (AvgIpc) is 3.22. The summed E-state index contributed by atoms with van der Waals surface area (Å²) in [7, 11) is 1.73. The first-order chi connectivity index (χ1) is 12.0. The number of hydrogen-bond acceptors (Lipinski definition) is 6. The van der Waals surface area contributed by atoms with Crippen molar-refractivity contribution in [2.24, 2.45) is 5.73 Å². The van der Waals surface area contributed by atoms with Crippen LogP contribution in [-0.2, 0) is 6.54 Å². The highest BCUT2D eigenvalue weighted by molar-refractivity contribution is 7.11. The number of carbonyl (C=O) groups excluding carboxylic acids is 1. The Kier molecular flexibility index (Phi) is 4.91. The van der Waals surface area contributed by atoms with E-state index in [1.165, 1.54) is 11.3 Å². The minimum atomic E-state index is -0.179. The number of rotatable bonds is 5. The number of thiazole rings is 1. The zero-order valence-corrected chi connectivity index (χ0v) is 15.2. The molecular formula is C17H20N6OS. The maximum Gasteiger partial charge on any atom is 0.273 e. The summed E-state index contributed by atoms with van der Waals surface area (Å²) in [5.41, 5.74) is 7.89. The molecule has 2 N–H and O–H groups in total. The van der Waals surface area contributed by atoms with E-state index in [4.69, 9.17) is 5.73 Å². The van der Waals surface area contributed by atoms with Gasteiger partial charge in [0, 0.05) is 11.9 Å². The van der Waals surface area contributed by atoms with Crippen LogP contribution in [0.5, 0.6) is 0 Å². The number of aromatic nitrogens is 4. The van der Waals surface area contributed by atoms with Gasteiger partial charge in [-0.15, -0.1) is 11.3 Å². The van der Waals surface area contributed by atoms with Crippen molar-refractivity contribution in [2.45, 2.75) is 26.4 Å². The van der Waals surface area contributed by atoms with Crippen LogP contribution < -0.4 is 5.73 Å². The zero-order chi connectivity index (χ0) is 18.0. The highest BCUT2D eigenvalue weighted by atomic mass is 32.1. The third-order valence-corrected chi connectivity index (χ3v) is 4.85. The van der Waals surface area contributed by atoms with E-state index in [1.807, 2.05) is 44.2 Å². The second-order valence-electron chi connectivity index (χ2n) is 5.87. The SMILES string of the molecule is Cc1sc(C(C)N)nc1C(=O)N(C)Cc1cnn(-c2ccccc2)n1. The van der Waals surface area contributed by atoms with E-state index in [-0.39, 0.29) is 11.9 Å². The second-order valence-corrected chi connectivity index (χ2v) is 7.10. The number of nitrogens with two attached hydrogens (primary N) is 1. The lowest BCUT2D eigenvalue weighted by molar-refractivity contribution is 0.0777. The fourth-order valence-electron chi connectivity index (χ4n) is 2.36. The van der Waals surface area contributed by atoms with Crippen molar-refractivity contribution >= 4 is 17.2 Å². The number of benzene rings is 1. The van der Waals surface area contributed by atoms with Crippen molar-refractivity contribution in [1.29, 1.82) is 0 Å². The number of para-hydroxylation sites is 1. The lowest BCUT2D eigenvalue weighted by Gasteiger charge is -2.14. The first kappa shape index (κ1) is 17.2. The Balaban J connectivity index is 1.73. The van der Waals surface area contributed by atoms with Crippen LogP contribution in [0, 0.1) is 6.92 Å². The maximum absolute atomic E-state index is 12.7. The minimum Gasteiger partial charge on any atom is -0.334 e. The maximum atomic E-state index is 12.7. The van der Waals surface area contributed by atoms with Crippen LogP contribution in [0.15, 0.2) is 36.5 Å². The van der Waals surface area contributed by atoms with Crippen molar-refractivity contribution in [2.75, 3.05) is 7.05 Å². The van der Waals surface area contributed by atoms with Crippen molar-refractivity contribution in [3.05, 3.63) is 57.8 Å². The van der Waals surface area contributed by atoms with Gasteiger partial charge in [0.1, 0.15) is 16.4 Å². The van der Waals surface area contributed by atoms with Gasteiger partial charge in [-0.3, -0.25) is 4.79 Å². The number of aryl methyl sites for hydroxylation is 1. The highest BCUT2D eigenvalue weighted by Gasteiger charge is 2.21. The van der Waals surface area contributed by atoms with E-state index in [0.29, 0.717) is 17.9 Å². The Labute approximate surface area is 150 Å². The lowest BCUT2D eigenvalue weighted by Crippen LogP contribution is -2.27. The van der Waals surface area contributed by atoms with Crippen molar-refractivity contribution < 1.29 is 4.79 Å². The molecule has 0 aliphatic heterocycles. The quantitative estimate of drug-likeness (QED) is 0.758. The van der Waals surface area contributed by atoms with E-state index >= 15 is 0 Å². The van der Waals surface area contributed by atoms with Crippen molar-refractivity contribution in [3.8, 4) is 5.69 Å². The first-order valence-corrected chi connectivity index (χ1v) is 8.72. The van der Waals surface area contributed by atoms with E-state index in [0.717, 1.165) is 15.6 Å². The van der Waals surface area contributed by atoms with Gasteiger partial charge in [-0.25, -0.2) is 4.98 Å². The van der Waals surface area contributed by atoms with Crippen molar-refractivity contribution in [3.63, 3.8) is 0 Å². The molecule has 7 nitrogen and oxygen atoms in total. The molecule has 2 aromatic heterocycles. The monoisotopic (exact) mass is 356 g/mol. The smallest absolute Gasteiger partial charge is 0.273 e. The fraction of sp³-hybridized carbons (Fsp3) is 0.294. The van der Waals surface area contributed by atoms with Gasteiger partial charge in [0.05, 0.1) is 24.5 Å². The topological polar surface area (TPSA) is 89.9 Å². The molecule has 0 aliphatic carbocycles. The standard InChI is InChI=1S/C17H20N6OS/c1-11(18)16-20-15(12(2)25-16)17(24)22(3)10-13-9-19-23(21-13)14-7-5-4-6-8-14/h4-9,11H,10,18H2,1-3H3. The summed E-state index contributed by atoms with van der Waals surface area (Å²) >= 11 is 1.46. The molecule has 0 saturated heterocycles. The van der Waals surface area contributed by atoms with Crippen LogP contribution in [0.1, 0.15) is 39.0 Å². The summed E-state index contributed by atoms with van der Waals surface area (Å²) in [4.78, 5) is 21.1. The molecular weight excluding hydrogens is 336 g/mol. The highest BCUT2D eigenvalue weighted by Crippen LogP contribution is 2.23. The average molecular weight is 356 g/mol. The molecule has 1 unspecified atom stereocenters. The normalized spacial score (nSPS) is 12.2. The van der Waals surface area contributed by atoms with Gasteiger partial charge >= 0.3 is 0 Å². The molecule has 0 saturated carbocycles. The Morgan fingerprint density at radius 1 is 1.36 bits per heavy atom. The zero-order valence-electron chi connectivity index (χ0n) is 14.4. The first-order valence-electron chi connectivity index (χ1n) is 7.90. The number of nitrogens with zero attached hydrogens (tertiary/aromatic N) is 5. The molecule has 0 fully saturated rings. The molecule has 1 aromatic carbocycles. The van der Waals surface area contributed by atoms with Gasteiger partial charge in [-0.05, 0) is 26.0 Å². The molecule has 0 spiro atoms. The Morgan fingerprint density at radius 2 is 2.08 bits per heavy atom.